The number of carbonyl (C=O) groups excluding carboxylic acids is 1. The molecule has 2 amide bonds. The molecule has 0 saturated carbocycles. The maximum absolute atomic E-state index is 12.1. The summed E-state index contributed by atoms with van der Waals surface area (Å²) in [7, 11) is 0. The van der Waals surface area contributed by atoms with E-state index in [0.717, 1.165) is 16.8 Å². The van der Waals surface area contributed by atoms with E-state index in [1.165, 1.54) is 0 Å². The summed E-state index contributed by atoms with van der Waals surface area (Å²) in [6.07, 6.45) is 1.78. The number of halogens is 2. The first-order chi connectivity index (χ1) is 11.7. The normalized spacial score (nSPS) is 10.4. The Hall–Kier alpha value is -2.31. The molecule has 2 aromatic carbocycles. The second-order valence-electron chi connectivity index (χ2n) is 5.07. The van der Waals surface area contributed by atoms with Crippen LogP contribution in [0.4, 0.5) is 16.2 Å². The lowest BCUT2D eigenvalue weighted by Gasteiger charge is -2.09. The smallest absolute Gasteiger partial charge is 0.308 e. The molecule has 3 rings (SSSR count). The number of aromatic amines is 1. The Morgan fingerprint density at radius 2 is 1.88 bits per heavy atom. The molecule has 3 N–H and O–H groups in total. The number of hydrogen-bond acceptors (Lipinski definition) is 2. The highest BCUT2D eigenvalue weighted by molar-refractivity contribution is 9.08. The highest BCUT2D eigenvalue weighted by atomic mass is 79.9. The number of alkyl halides is 1. The summed E-state index contributed by atoms with van der Waals surface area (Å²) < 4.78 is 0. The molecule has 0 atom stereocenters. The number of benzene rings is 2. The summed E-state index contributed by atoms with van der Waals surface area (Å²) in [5, 5.41) is 13.9. The summed E-state index contributed by atoms with van der Waals surface area (Å²) in [5.41, 5.74) is 4.29. The van der Waals surface area contributed by atoms with Gasteiger partial charge in [0.15, 0.2) is 0 Å². The molecule has 0 fully saturated rings. The number of aromatic nitrogens is 2. The summed E-state index contributed by atoms with van der Waals surface area (Å²) in [4.78, 5) is 12.1. The number of amides is 2. The van der Waals surface area contributed by atoms with E-state index in [9.17, 15) is 4.79 Å². The Kier molecular flexibility index (Phi) is 5.17. The van der Waals surface area contributed by atoms with E-state index in [0.29, 0.717) is 21.7 Å². The highest BCUT2D eigenvalue weighted by Crippen LogP contribution is 2.25. The van der Waals surface area contributed by atoms with E-state index in [1.54, 1.807) is 30.5 Å². The van der Waals surface area contributed by atoms with Gasteiger partial charge >= 0.3 is 6.03 Å². The third kappa shape index (κ3) is 3.96. The van der Waals surface area contributed by atoms with Crippen LogP contribution in [0.15, 0.2) is 54.7 Å². The number of H-pyrrole nitrogens is 1. The van der Waals surface area contributed by atoms with Gasteiger partial charge in [0.05, 0.1) is 11.9 Å². The SMILES string of the molecule is O=C(Nc1ccc(Cl)cc1)Nc1cccc(-c2[nH]ncc2CBr)c1. The van der Waals surface area contributed by atoms with Crippen molar-refractivity contribution in [2.75, 3.05) is 10.6 Å². The molecule has 0 saturated heterocycles. The lowest BCUT2D eigenvalue weighted by molar-refractivity contribution is 0.262. The third-order valence-corrected chi connectivity index (χ3v) is 4.23. The average molecular weight is 406 g/mol. The number of hydrogen-bond donors (Lipinski definition) is 3. The fourth-order valence-electron chi connectivity index (χ4n) is 2.24. The van der Waals surface area contributed by atoms with Gasteiger partial charge in [-0.2, -0.15) is 5.10 Å². The van der Waals surface area contributed by atoms with Crippen LogP contribution in [0.5, 0.6) is 0 Å². The highest BCUT2D eigenvalue weighted by Gasteiger charge is 2.08. The van der Waals surface area contributed by atoms with Gasteiger partial charge in [0.1, 0.15) is 0 Å². The van der Waals surface area contributed by atoms with Gasteiger partial charge in [0.25, 0.3) is 0 Å². The van der Waals surface area contributed by atoms with E-state index in [-0.39, 0.29) is 6.03 Å². The molecule has 7 heteroatoms. The van der Waals surface area contributed by atoms with Crippen LogP contribution < -0.4 is 10.6 Å². The molecular formula is C17H14BrClN4O. The largest absolute Gasteiger partial charge is 0.323 e. The Balaban J connectivity index is 1.72. The maximum atomic E-state index is 12.1. The maximum Gasteiger partial charge on any atom is 0.323 e. The Labute approximate surface area is 152 Å². The molecule has 0 aliphatic carbocycles. The lowest BCUT2D eigenvalue weighted by atomic mass is 10.1. The summed E-state index contributed by atoms with van der Waals surface area (Å²) >= 11 is 9.27. The van der Waals surface area contributed by atoms with Gasteiger partial charge in [0, 0.05) is 32.9 Å². The topological polar surface area (TPSA) is 69.8 Å². The van der Waals surface area contributed by atoms with Crippen molar-refractivity contribution in [2.24, 2.45) is 0 Å². The number of nitrogens with one attached hydrogen (secondary N) is 3. The van der Waals surface area contributed by atoms with Gasteiger partial charge in [0.2, 0.25) is 0 Å². The van der Waals surface area contributed by atoms with Gasteiger partial charge in [-0.25, -0.2) is 4.79 Å². The van der Waals surface area contributed by atoms with Crippen LogP contribution in [0.1, 0.15) is 5.56 Å². The molecular weight excluding hydrogens is 392 g/mol. The van der Waals surface area contributed by atoms with Crippen molar-refractivity contribution >= 4 is 44.9 Å². The van der Waals surface area contributed by atoms with Crippen molar-refractivity contribution in [3.8, 4) is 11.3 Å². The van der Waals surface area contributed by atoms with Crippen molar-refractivity contribution in [1.29, 1.82) is 0 Å². The quantitative estimate of drug-likeness (QED) is 0.518. The number of rotatable bonds is 4. The molecule has 0 aliphatic heterocycles. The monoisotopic (exact) mass is 404 g/mol. The van der Waals surface area contributed by atoms with E-state index >= 15 is 0 Å². The predicted octanol–water partition coefficient (Wildman–Crippen LogP) is 5.27. The van der Waals surface area contributed by atoms with Gasteiger partial charge < -0.3 is 10.6 Å². The second-order valence-corrected chi connectivity index (χ2v) is 6.07. The molecule has 0 radical (unpaired) electrons. The Morgan fingerprint density at radius 1 is 1.12 bits per heavy atom. The van der Waals surface area contributed by atoms with E-state index in [2.05, 4.69) is 36.8 Å². The molecule has 1 aromatic heterocycles. The minimum atomic E-state index is -0.320. The number of urea groups is 1. The number of anilines is 2. The predicted molar refractivity (Wildman–Crippen MR) is 101 cm³/mol. The number of nitrogens with zero attached hydrogens (tertiary/aromatic N) is 1. The van der Waals surface area contributed by atoms with Crippen LogP contribution in [0, 0.1) is 0 Å². The molecule has 122 valence electrons. The molecule has 0 unspecified atom stereocenters. The summed E-state index contributed by atoms with van der Waals surface area (Å²) in [6, 6.07) is 14.2. The zero-order chi connectivity index (χ0) is 16.9. The standard InChI is InChI=1S/C17H14BrClN4O/c18-9-12-10-20-23-16(12)11-2-1-3-15(8-11)22-17(24)21-14-6-4-13(19)5-7-14/h1-8,10H,9H2,(H,20,23)(H2,21,22,24). The van der Waals surface area contributed by atoms with Crippen molar-refractivity contribution < 1.29 is 4.79 Å². The molecule has 3 aromatic rings. The van der Waals surface area contributed by atoms with Crippen molar-refractivity contribution in [3.63, 3.8) is 0 Å². The van der Waals surface area contributed by atoms with Crippen LogP contribution in [0.25, 0.3) is 11.3 Å². The fourth-order valence-corrected chi connectivity index (χ4v) is 2.79. The summed E-state index contributed by atoms with van der Waals surface area (Å²) in [6.45, 7) is 0. The molecule has 0 aliphatic rings. The number of carbonyl (C=O) groups is 1. The zero-order valence-corrected chi connectivity index (χ0v) is 14.9. The first-order valence-corrected chi connectivity index (χ1v) is 8.68. The molecule has 5 nitrogen and oxygen atoms in total. The summed E-state index contributed by atoms with van der Waals surface area (Å²) in [5.74, 6) is 0. The van der Waals surface area contributed by atoms with E-state index < -0.39 is 0 Å². The van der Waals surface area contributed by atoms with Crippen LogP contribution >= 0.6 is 27.5 Å². The third-order valence-electron chi connectivity index (χ3n) is 3.37. The van der Waals surface area contributed by atoms with Crippen LogP contribution in [0.2, 0.25) is 5.02 Å². The first-order valence-electron chi connectivity index (χ1n) is 7.18. The Bertz CT molecular complexity index is 848. The van der Waals surface area contributed by atoms with Crippen molar-refractivity contribution in [1.82, 2.24) is 10.2 Å². The molecule has 24 heavy (non-hydrogen) atoms. The first kappa shape index (κ1) is 16.5. The second kappa shape index (κ2) is 7.51. The average Bonchev–Trinajstić information content (AvgIpc) is 3.06. The molecule has 0 spiro atoms. The van der Waals surface area contributed by atoms with E-state index in [1.807, 2.05) is 24.3 Å². The molecule has 0 bridgehead atoms. The van der Waals surface area contributed by atoms with Gasteiger partial charge in [-0.15, -0.1) is 0 Å². The van der Waals surface area contributed by atoms with Gasteiger partial charge in [-0.3, -0.25) is 5.10 Å². The molecule has 1 heterocycles. The minimum Gasteiger partial charge on any atom is -0.308 e. The van der Waals surface area contributed by atoms with E-state index in [4.69, 9.17) is 11.6 Å². The van der Waals surface area contributed by atoms with Gasteiger partial charge in [-0.1, -0.05) is 39.7 Å². The fraction of sp³-hybridized carbons (Fsp3) is 0.0588. The van der Waals surface area contributed by atoms with Crippen LogP contribution in [-0.2, 0) is 5.33 Å². The Morgan fingerprint density at radius 3 is 2.62 bits per heavy atom. The van der Waals surface area contributed by atoms with Crippen molar-refractivity contribution in [2.45, 2.75) is 5.33 Å². The minimum absolute atomic E-state index is 0.320. The van der Waals surface area contributed by atoms with Crippen LogP contribution in [-0.4, -0.2) is 16.2 Å². The van der Waals surface area contributed by atoms with Crippen molar-refractivity contribution in [3.05, 3.63) is 65.3 Å². The zero-order valence-electron chi connectivity index (χ0n) is 12.5. The lowest BCUT2D eigenvalue weighted by Crippen LogP contribution is -2.19. The van der Waals surface area contributed by atoms with Gasteiger partial charge in [-0.05, 0) is 36.4 Å². The van der Waals surface area contributed by atoms with Crippen LogP contribution in [0.3, 0.4) is 0 Å².